The summed E-state index contributed by atoms with van der Waals surface area (Å²) in [6.07, 6.45) is 7.01. The van der Waals surface area contributed by atoms with E-state index < -0.39 is 16.0 Å². The largest absolute Gasteiger partial charge is 0.285 e. The van der Waals surface area contributed by atoms with Gasteiger partial charge in [-0.1, -0.05) is 140 Å². The molecule has 0 amide bonds. The van der Waals surface area contributed by atoms with Crippen molar-refractivity contribution in [2.24, 2.45) is 5.92 Å². The fourth-order valence-corrected chi connectivity index (χ4v) is 9.25. The molecule has 5 rings (SSSR count). The van der Waals surface area contributed by atoms with E-state index in [1.165, 1.54) is 26.5 Å². The number of benzene rings is 4. The lowest BCUT2D eigenvalue weighted by Gasteiger charge is -2.32. The summed E-state index contributed by atoms with van der Waals surface area (Å²) in [4.78, 5) is 0. The maximum absolute atomic E-state index is 4.06. The summed E-state index contributed by atoms with van der Waals surface area (Å²) in [5.41, 5.74) is 0. The third kappa shape index (κ3) is 5.13. The van der Waals surface area contributed by atoms with Gasteiger partial charge in [0.05, 0.1) is 0 Å². The summed E-state index contributed by atoms with van der Waals surface area (Å²) in [5.74, 6) is 0.351. The Balaban J connectivity index is 1.47. The highest BCUT2D eigenvalue weighted by Gasteiger charge is 2.31. The molecule has 1 aliphatic carbocycles. The summed E-state index contributed by atoms with van der Waals surface area (Å²) in [6.45, 7) is 2.35. The summed E-state index contributed by atoms with van der Waals surface area (Å²) in [6, 6.07) is 44.1. The predicted octanol–water partition coefficient (Wildman–Crippen LogP) is 6.22. The highest BCUT2D eigenvalue weighted by atomic mass is 31.1. The molecule has 2 unspecified atom stereocenters. The van der Waals surface area contributed by atoms with Crippen LogP contribution in [0.15, 0.2) is 145 Å². The van der Waals surface area contributed by atoms with E-state index >= 15 is 0 Å². The first-order chi connectivity index (χ1) is 16.8. The molecule has 0 aromatic heterocycles. The summed E-state index contributed by atoms with van der Waals surface area (Å²) < 4.78 is 0. The summed E-state index contributed by atoms with van der Waals surface area (Å²) >= 11 is 0. The van der Waals surface area contributed by atoms with Gasteiger partial charge in [-0.3, -0.25) is 5.09 Å². The lowest BCUT2D eigenvalue weighted by atomic mass is 10.0. The van der Waals surface area contributed by atoms with E-state index in [2.05, 4.69) is 152 Å². The van der Waals surface area contributed by atoms with Gasteiger partial charge < -0.3 is 0 Å². The lowest BCUT2D eigenvalue weighted by Crippen LogP contribution is -2.35. The molecule has 0 radical (unpaired) electrons. The second kappa shape index (κ2) is 11.1. The molecular weight excluding hydrogens is 448 g/mol. The molecule has 0 saturated heterocycles. The van der Waals surface area contributed by atoms with Gasteiger partial charge in [0, 0.05) is 20.0 Å². The smallest absolute Gasteiger partial charge is 0.0256 e. The Bertz CT molecular complexity index is 1160. The molecule has 0 bridgehead atoms. The Labute approximate surface area is 205 Å². The zero-order valence-corrected chi connectivity index (χ0v) is 21.1. The first-order valence-corrected chi connectivity index (χ1v) is 14.4. The van der Waals surface area contributed by atoms with Gasteiger partial charge in [0.1, 0.15) is 0 Å². The minimum Gasteiger partial charge on any atom is -0.285 e. The van der Waals surface area contributed by atoms with Crippen LogP contribution in [0.25, 0.3) is 0 Å². The van der Waals surface area contributed by atoms with Crippen LogP contribution >= 0.6 is 16.0 Å². The molecule has 1 aliphatic rings. The standard InChI is InChI=1S/C31H29NP2/c1-25(32-34(28-19-10-4-11-20-28)29-21-12-5-13-22-29)30-23-14-24-31(30)33(26-15-6-2-7-16-26)27-17-8-3-9-18-27/h2-25,30,32H,1H3. The van der Waals surface area contributed by atoms with Crippen LogP contribution < -0.4 is 26.3 Å². The Morgan fingerprint density at radius 2 is 1.00 bits per heavy atom. The summed E-state index contributed by atoms with van der Waals surface area (Å²) in [5, 5.41) is 11.1. The molecule has 0 spiro atoms. The Morgan fingerprint density at radius 3 is 1.44 bits per heavy atom. The second-order valence-electron chi connectivity index (χ2n) is 8.43. The number of rotatable bonds is 8. The number of nitrogens with one attached hydrogen (secondary N) is 1. The SMILES string of the molecule is CC(NP(c1ccccc1)c1ccccc1)C1C=CC=C1P(c1ccccc1)c1ccccc1. The van der Waals surface area contributed by atoms with E-state index in [1.807, 2.05) is 0 Å². The molecule has 2 atom stereocenters. The Kier molecular flexibility index (Phi) is 7.47. The van der Waals surface area contributed by atoms with Crippen LogP contribution in [0.4, 0.5) is 0 Å². The van der Waals surface area contributed by atoms with E-state index in [0.717, 1.165) is 0 Å². The molecular formula is C31H29NP2. The third-order valence-electron chi connectivity index (χ3n) is 6.11. The van der Waals surface area contributed by atoms with E-state index in [1.54, 1.807) is 0 Å². The minimum absolute atomic E-state index is 0.300. The van der Waals surface area contributed by atoms with Crippen molar-refractivity contribution in [1.82, 2.24) is 5.09 Å². The van der Waals surface area contributed by atoms with E-state index in [0.29, 0.717) is 12.0 Å². The first-order valence-electron chi connectivity index (χ1n) is 11.8. The molecule has 4 aromatic rings. The van der Waals surface area contributed by atoms with E-state index in [-0.39, 0.29) is 0 Å². The van der Waals surface area contributed by atoms with Crippen molar-refractivity contribution in [3.63, 3.8) is 0 Å². The molecule has 0 saturated carbocycles. The number of hydrogen-bond acceptors (Lipinski definition) is 1. The van der Waals surface area contributed by atoms with Gasteiger partial charge in [0.15, 0.2) is 0 Å². The van der Waals surface area contributed by atoms with Crippen LogP contribution in [0, 0.1) is 5.92 Å². The van der Waals surface area contributed by atoms with Crippen molar-refractivity contribution in [2.75, 3.05) is 0 Å². The quantitative estimate of drug-likeness (QED) is 0.297. The van der Waals surface area contributed by atoms with Crippen LogP contribution in [-0.4, -0.2) is 6.04 Å². The molecule has 0 fully saturated rings. The van der Waals surface area contributed by atoms with E-state index in [9.17, 15) is 0 Å². The van der Waals surface area contributed by atoms with Crippen LogP contribution in [0.3, 0.4) is 0 Å². The van der Waals surface area contributed by atoms with Gasteiger partial charge in [-0.15, -0.1) is 0 Å². The molecule has 1 N–H and O–H groups in total. The zero-order valence-electron chi connectivity index (χ0n) is 19.3. The van der Waals surface area contributed by atoms with Gasteiger partial charge in [-0.05, 0) is 41.4 Å². The summed E-state index contributed by atoms with van der Waals surface area (Å²) in [7, 11) is -1.25. The molecule has 34 heavy (non-hydrogen) atoms. The van der Waals surface area contributed by atoms with Crippen LogP contribution in [0.5, 0.6) is 0 Å². The Morgan fingerprint density at radius 1 is 0.588 bits per heavy atom. The van der Waals surface area contributed by atoms with Crippen LogP contribution in [0.2, 0.25) is 0 Å². The van der Waals surface area contributed by atoms with Crippen molar-refractivity contribution in [3.05, 3.63) is 145 Å². The molecule has 168 valence electrons. The van der Waals surface area contributed by atoms with Crippen molar-refractivity contribution >= 4 is 37.2 Å². The van der Waals surface area contributed by atoms with Gasteiger partial charge >= 0.3 is 0 Å². The van der Waals surface area contributed by atoms with Crippen molar-refractivity contribution in [3.8, 4) is 0 Å². The minimum atomic E-state index is -0.657. The van der Waals surface area contributed by atoms with Crippen LogP contribution in [0.1, 0.15) is 6.92 Å². The van der Waals surface area contributed by atoms with Gasteiger partial charge in [-0.25, -0.2) is 0 Å². The second-order valence-corrected chi connectivity index (χ2v) is 12.6. The average Bonchev–Trinajstić information content (AvgIpc) is 3.39. The van der Waals surface area contributed by atoms with Gasteiger partial charge in [-0.2, -0.15) is 0 Å². The molecule has 4 aromatic carbocycles. The van der Waals surface area contributed by atoms with Crippen molar-refractivity contribution in [2.45, 2.75) is 13.0 Å². The number of hydrogen-bond donors (Lipinski definition) is 1. The normalized spacial score (nSPS) is 16.1. The van der Waals surface area contributed by atoms with Crippen molar-refractivity contribution in [1.29, 1.82) is 0 Å². The first kappa shape index (κ1) is 22.9. The lowest BCUT2D eigenvalue weighted by molar-refractivity contribution is 0.591. The molecule has 0 heterocycles. The van der Waals surface area contributed by atoms with Crippen LogP contribution in [-0.2, 0) is 0 Å². The van der Waals surface area contributed by atoms with Gasteiger partial charge in [0.25, 0.3) is 0 Å². The maximum Gasteiger partial charge on any atom is 0.0256 e. The topological polar surface area (TPSA) is 12.0 Å². The molecule has 3 heteroatoms. The zero-order chi connectivity index (χ0) is 23.2. The number of allylic oxidation sites excluding steroid dienone is 2. The average molecular weight is 478 g/mol. The fraction of sp³-hybridized carbons (Fsp3) is 0.0968. The van der Waals surface area contributed by atoms with Crippen molar-refractivity contribution < 1.29 is 0 Å². The highest BCUT2D eigenvalue weighted by molar-refractivity contribution is 7.76. The Hall–Kier alpha value is -2.82. The van der Waals surface area contributed by atoms with Gasteiger partial charge in [0.2, 0.25) is 0 Å². The van der Waals surface area contributed by atoms with E-state index in [4.69, 9.17) is 0 Å². The molecule has 0 aliphatic heterocycles. The fourth-order valence-electron chi connectivity index (χ4n) is 4.47. The third-order valence-corrected chi connectivity index (χ3v) is 11.0. The maximum atomic E-state index is 4.06. The predicted molar refractivity (Wildman–Crippen MR) is 151 cm³/mol. The monoisotopic (exact) mass is 477 g/mol. The highest BCUT2D eigenvalue weighted by Crippen LogP contribution is 2.50. The molecule has 1 nitrogen and oxygen atoms in total.